The Morgan fingerprint density at radius 3 is 2.72 bits per heavy atom. The number of methoxy groups -OCH3 is 1. The lowest BCUT2D eigenvalue weighted by molar-refractivity contribution is -0.137. The highest BCUT2D eigenvalue weighted by Gasteiger charge is 2.18. The predicted molar refractivity (Wildman–Crippen MR) is 69.9 cm³/mol. The van der Waals surface area contributed by atoms with E-state index in [0.717, 1.165) is 0 Å². The Kier molecular flexibility index (Phi) is 10.8. The van der Waals surface area contributed by atoms with Crippen molar-refractivity contribution in [3.8, 4) is 0 Å². The van der Waals surface area contributed by atoms with Crippen molar-refractivity contribution in [3.05, 3.63) is 0 Å². The van der Waals surface area contributed by atoms with Crippen LogP contribution in [-0.4, -0.2) is 61.5 Å². The van der Waals surface area contributed by atoms with Crippen LogP contribution in [-0.2, 0) is 19.1 Å². The van der Waals surface area contributed by atoms with Gasteiger partial charge < -0.3 is 19.9 Å². The Morgan fingerprint density at radius 2 is 2.17 bits per heavy atom. The van der Waals surface area contributed by atoms with Gasteiger partial charge >= 0.3 is 5.97 Å². The molecule has 0 fully saturated rings. The topological polar surface area (TPSA) is 84.9 Å². The summed E-state index contributed by atoms with van der Waals surface area (Å²) < 4.78 is 9.87. The first-order valence-corrected chi connectivity index (χ1v) is 6.84. The molecule has 0 aromatic heterocycles. The van der Waals surface area contributed by atoms with Crippen LogP contribution in [0.15, 0.2) is 0 Å². The predicted octanol–water partition coefficient (Wildman–Crippen LogP) is 0.362. The molecule has 0 radical (unpaired) electrons. The molecule has 106 valence electrons. The molecule has 6 nitrogen and oxygen atoms in total. The summed E-state index contributed by atoms with van der Waals surface area (Å²) in [6.45, 7) is 3.42. The second-order valence-electron chi connectivity index (χ2n) is 3.45. The molecule has 0 aliphatic heterocycles. The molecule has 0 saturated heterocycles. The largest absolute Gasteiger partial charge is 0.480 e. The highest BCUT2D eigenvalue weighted by Crippen LogP contribution is 2.13. The van der Waals surface area contributed by atoms with E-state index < -0.39 is 11.2 Å². The summed E-state index contributed by atoms with van der Waals surface area (Å²) in [5, 5.41) is 11.0. The van der Waals surface area contributed by atoms with Crippen LogP contribution in [0.25, 0.3) is 0 Å². The number of carboxylic acid groups (broad SMARTS) is 1. The zero-order valence-corrected chi connectivity index (χ0v) is 11.6. The number of hydrogen-bond acceptors (Lipinski definition) is 5. The molecular formula is C11H21NO5S. The molecule has 18 heavy (non-hydrogen) atoms. The smallest absolute Gasteiger partial charge is 0.319 e. The maximum Gasteiger partial charge on any atom is 0.319 e. The summed E-state index contributed by atoms with van der Waals surface area (Å²) in [6.07, 6.45) is 0.296. The molecule has 1 atom stereocenters. The molecule has 7 heteroatoms. The summed E-state index contributed by atoms with van der Waals surface area (Å²) in [5.74, 6) is -0.545. The van der Waals surface area contributed by atoms with Crippen molar-refractivity contribution in [2.24, 2.45) is 0 Å². The van der Waals surface area contributed by atoms with Gasteiger partial charge in [0, 0.05) is 32.4 Å². The molecule has 0 rings (SSSR count). The minimum Gasteiger partial charge on any atom is -0.480 e. The second kappa shape index (κ2) is 11.3. The van der Waals surface area contributed by atoms with Gasteiger partial charge in [0.2, 0.25) is 5.91 Å². The number of thioether (sulfide) groups is 1. The average Bonchev–Trinajstić information content (AvgIpc) is 2.33. The molecule has 0 spiro atoms. The fraction of sp³-hybridized carbons (Fsp3) is 0.818. The molecular weight excluding hydrogens is 258 g/mol. The number of amides is 1. The fourth-order valence-corrected chi connectivity index (χ4v) is 2.01. The van der Waals surface area contributed by atoms with Crippen molar-refractivity contribution in [2.75, 3.05) is 39.2 Å². The summed E-state index contributed by atoms with van der Waals surface area (Å²) in [7, 11) is 1.56. The quantitative estimate of drug-likeness (QED) is 0.531. The van der Waals surface area contributed by atoms with Crippen LogP contribution in [0.2, 0.25) is 0 Å². The van der Waals surface area contributed by atoms with Crippen LogP contribution in [0.4, 0.5) is 0 Å². The highest BCUT2D eigenvalue weighted by atomic mass is 32.2. The fourth-order valence-electron chi connectivity index (χ4n) is 1.09. The minimum absolute atomic E-state index is 0.0971. The van der Waals surface area contributed by atoms with E-state index in [-0.39, 0.29) is 12.5 Å². The molecule has 1 amide bonds. The summed E-state index contributed by atoms with van der Waals surface area (Å²) in [4.78, 5) is 22.2. The number of hydrogen-bond donors (Lipinski definition) is 2. The number of carbonyl (C=O) groups is 2. The number of nitrogens with one attached hydrogen (secondary N) is 1. The number of aliphatic carboxylic acids is 1. The van der Waals surface area contributed by atoms with Gasteiger partial charge in [-0.05, 0) is 6.92 Å². The van der Waals surface area contributed by atoms with E-state index in [1.54, 1.807) is 7.11 Å². The molecule has 1 unspecified atom stereocenters. The first kappa shape index (κ1) is 17.2. The van der Waals surface area contributed by atoms with Gasteiger partial charge in [0.25, 0.3) is 0 Å². The van der Waals surface area contributed by atoms with Crippen LogP contribution in [0.3, 0.4) is 0 Å². The third-order valence-corrected chi connectivity index (χ3v) is 3.21. The Morgan fingerprint density at radius 1 is 1.44 bits per heavy atom. The van der Waals surface area contributed by atoms with Crippen molar-refractivity contribution >= 4 is 23.6 Å². The van der Waals surface area contributed by atoms with E-state index in [0.29, 0.717) is 31.9 Å². The van der Waals surface area contributed by atoms with E-state index >= 15 is 0 Å². The van der Waals surface area contributed by atoms with Gasteiger partial charge in [0.05, 0.1) is 13.2 Å². The highest BCUT2D eigenvalue weighted by molar-refractivity contribution is 8.00. The van der Waals surface area contributed by atoms with Gasteiger partial charge in [-0.2, -0.15) is 0 Å². The SMILES string of the molecule is CCOCC(SCCC(=O)NCCOC)C(=O)O. The van der Waals surface area contributed by atoms with Gasteiger partial charge in [0.1, 0.15) is 5.25 Å². The van der Waals surface area contributed by atoms with E-state index in [1.165, 1.54) is 11.8 Å². The van der Waals surface area contributed by atoms with Gasteiger partial charge in [-0.1, -0.05) is 0 Å². The molecule has 0 saturated carbocycles. The van der Waals surface area contributed by atoms with Crippen molar-refractivity contribution in [2.45, 2.75) is 18.6 Å². The Balaban J connectivity index is 3.71. The molecule has 0 bridgehead atoms. The minimum atomic E-state index is -0.909. The van der Waals surface area contributed by atoms with Gasteiger partial charge in [0.15, 0.2) is 0 Å². The third-order valence-electron chi connectivity index (χ3n) is 2.03. The lowest BCUT2D eigenvalue weighted by atomic mass is 10.4. The third kappa shape index (κ3) is 9.26. The summed E-state index contributed by atoms with van der Waals surface area (Å²) >= 11 is 1.22. The van der Waals surface area contributed by atoms with Crippen molar-refractivity contribution < 1.29 is 24.2 Å². The molecule has 2 N–H and O–H groups in total. The average molecular weight is 279 g/mol. The lowest BCUT2D eigenvalue weighted by Gasteiger charge is -2.11. The number of ether oxygens (including phenoxy) is 2. The first-order chi connectivity index (χ1) is 8.61. The normalized spacial score (nSPS) is 12.1. The standard InChI is InChI=1S/C11H21NO5S/c1-3-17-8-9(11(14)15)18-7-4-10(13)12-5-6-16-2/h9H,3-8H2,1-2H3,(H,12,13)(H,14,15). The molecule has 0 heterocycles. The lowest BCUT2D eigenvalue weighted by Crippen LogP contribution is -2.28. The first-order valence-electron chi connectivity index (χ1n) is 5.79. The van der Waals surface area contributed by atoms with Gasteiger partial charge in [-0.15, -0.1) is 11.8 Å². The van der Waals surface area contributed by atoms with Crippen LogP contribution < -0.4 is 5.32 Å². The van der Waals surface area contributed by atoms with Crippen LogP contribution in [0, 0.1) is 0 Å². The Bertz CT molecular complexity index is 250. The van der Waals surface area contributed by atoms with Crippen molar-refractivity contribution in [1.82, 2.24) is 5.32 Å². The molecule has 0 aromatic rings. The van der Waals surface area contributed by atoms with E-state index in [2.05, 4.69) is 5.32 Å². The Hall–Kier alpha value is -0.790. The molecule has 0 aliphatic carbocycles. The van der Waals surface area contributed by atoms with E-state index in [9.17, 15) is 9.59 Å². The summed E-state index contributed by atoms with van der Waals surface area (Å²) in [5.41, 5.74) is 0. The van der Waals surface area contributed by atoms with Gasteiger partial charge in [-0.3, -0.25) is 9.59 Å². The second-order valence-corrected chi connectivity index (χ2v) is 4.76. The molecule has 0 aromatic carbocycles. The van der Waals surface area contributed by atoms with Crippen LogP contribution >= 0.6 is 11.8 Å². The number of carbonyl (C=O) groups excluding carboxylic acids is 1. The maximum absolute atomic E-state index is 11.3. The molecule has 0 aliphatic rings. The zero-order chi connectivity index (χ0) is 13.8. The van der Waals surface area contributed by atoms with Crippen molar-refractivity contribution in [3.63, 3.8) is 0 Å². The van der Waals surface area contributed by atoms with Gasteiger partial charge in [-0.25, -0.2) is 0 Å². The van der Waals surface area contributed by atoms with Crippen LogP contribution in [0.1, 0.15) is 13.3 Å². The number of carboxylic acids is 1. The van der Waals surface area contributed by atoms with Crippen molar-refractivity contribution in [1.29, 1.82) is 0 Å². The zero-order valence-electron chi connectivity index (χ0n) is 10.8. The van der Waals surface area contributed by atoms with E-state index in [4.69, 9.17) is 14.6 Å². The Labute approximate surface area is 111 Å². The van der Waals surface area contributed by atoms with Crippen LogP contribution in [0.5, 0.6) is 0 Å². The van der Waals surface area contributed by atoms with E-state index in [1.807, 2.05) is 6.92 Å². The number of rotatable bonds is 11. The summed E-state index contributed by atoms with van der Waals surface area (Å²) in [6, 6.07) is 0. The maximum atomic E-state index is 11.3. The monoisotopic (exact) mass is 279 g/mol.